The minimum Gasteiger partial charge on any atom is -0.316 e. The summed E-state index contributed by atoms with van der Waals surface area (Å²) < 4.78 is 23.2. The number of sulfone groups is 1. The second kappa shape index (κ2) is 4.65. The Morgan fingerprint density at radius 2 is 1.81 bits per heavy atom. The highest BCUT2D eigenvalue weighted by Gasteiger charge is 2.39. The number of hydrogen-bond acceptors (Lipinski definition) is 3. The summed E-state index contributed by atoms with van der Waals surface area (Å²) in [6.45, 7) is 0. The molecule has 0 aliphatic heterocycles. The molecule has 94 valence electrons. The number of hydrogen-bond donors (Lipinski definition) is 1. The largest absolute Gasteiger partial charge is 0.316 e. The second-order valence-electron chi connectivity index (χ2n) is 5.53. The Kier molecular flexibility index (Phi) is 3.59. The van der Waals surface area contributed by atoms with Gasteiger partial charge in [-0.3, -0.25) is 0 Å². The zero-order valence-electron chi connectivity index (χ0n) is 10.3. The van der Waals surface area contributed by atoms with Crippen LogP contribution in [-0.2, 0) is 9.84 Å². The maximum Gasteiger partial charge on any atom is 0.150 e. The van der Waals surface area contributed by atoms with Gasteiger partial charge in [-0.15, -0.1) is 0 Å². The van der Waals surface area contributed by atoms with Gasteiger partial charge in [0, 0.05) is 12.3 Å². The van der Waals surface area contributed by atoms with Crippen molar-refractivity contribution in [3.05, 3.63) is 0 Å². The molecule has 4 heteroatoms. The van der Waals surface area contributed by atoms with Crippen LogP contribution in [-0.4, -0.2) is 33.0 Å². The maximum absolute atomic E-state index is 11.6. The third-order valence-electron chi connectivity index (χ3n) is 4.24. The van der Waals surface area contributed by atoms with Gasteiger partial charge in [0.15, 0.2) is 0 Å². The van der Waals surface area contributed by atoms with Gasteiger partial charge in [0.2, 0.25) is 0 Å². The van der Waals surface area contributed by atoms with Gasteiger partial charge in [0.25, 0.3) is 0 Å². The van der Waals surface area contributed by atoms with Crippen LogP contribution < -0.4 is 5.32 Å². The predicted octanol–water partition coefficient (Wildman–Crippen LogP) is 1.59. The first kappa shape index (κ1) is 12.4. The van der Waals surface area contributed by atoms with Gasteiger partial charge in [-0.2, -0.15) is 0 Å². The Balaban J connectivity index is 2.00. The Morgan fingerprint density at radius 1 is 1.12 bits per heavy atom. The van der Waals surface area contributed by atoms with Crippen molar-refractivity contribution in [2.24, 2.45) is 11.8 Å². The summed E-state index contributed by atoms with van der Waals surface area (Å²) in [7, 11) is -0.813. The first-order valence-corrected chi connectivity index (χ1v) is 8.34. The summed E-state index contributed by atoms with van der Waals surface area (Å²) in [4.78, 5) is 0. The van der Waals surface area contributed by atoms with Crippen molar-refractivity contribution in [3.8, 4) is 0 Å². The van der Waals surface area contributed by atoms with Crippen molar-refractivity contribution in [1.82, 2.24) is 5.32 Å². The van der Waals surface area contributed by atoms with E-state index in [1.807, 2.05) is 7.05 Å². The third-order valence-corrected chi connectivity index (χ3v) is 5.88. The fourth-order valence-electron chi connectivity index (χ4n) is 3.21. The number of nitrogens with one attached hydrogen (secondary N) is 1. The molecule has 2 rings (SSSR count). The minimum absolute atomic E-state index is 0.0825. The highest BCUT2D eigenvalue weighted by Crippen LogP contribution is 2.41. The van der Waals surface area contributed by atoms with Crippen LogP contribution in [0.5, 0.6) is 0 Å². The average Bonchev–Trinajstić information content (AvgIpc) is 3.02. The predicted molar refractivity (Wildman–Crippen MR) is 66.2 cm³/mol. The monoisotopic (exact) mass is 245 g/mol. The van der Waals surface area contributed by atoms with Crippen LogP contribution in [0.15, 0.2) is 0 Å². The molecular weight excluding hydrogens is 222 g/mol. The van der Waals surface area contributed by atoms with E-state index < -0.39 is 9.84 Å². The molecule has 2 saturated carbocycles. The molecule has 0 bridgehead atoms. The van der Waals surface area contributed by atoms with E-state index in [9.17, 15) is 8.42 Å². The van der Waals surface area contributed by atoms with E-state index in [1.165, 1.54) is 25.5 Å². The topological polar surface area (TPSA) is 46.2 Å². The Morgan fingerprint density at radius 3 is 2.31 bits per heavy atom. The first-order chi connectivity index (χ1) is 7.52. The molecule has 0 aromatic rings. The standard InChI is InChI=1S/C12H23NO2S/c1-13-12(9-6-7-9)10-4-3-5-11(8-10)16(2,14)15/h9-13H,3-8H2,1-2H3. The summed E-state index contributed by atoms with van der Waals surface area (Å²) in [5.74, 6) is 1.39. The Labute approximate surface area is 98.9 Å². The number of rotatable bonds is 4. The molecular formula is C12H23NO2S. The van der Waals surface area contributed by atoms with Crippen molar-refractivity contribution in [2.75, 3.05) is 13.3 Å². The van der Waals surface area contributed by atoms with Crippen LogP contribution >= 0.6 is 0 Å². The summed E-state index contributed by atoms with van der Waals surface area (Å²) in [6, 6.07) is 0.560. The van der Waals surface area contributed by atoms with Crippen LogP contribution in [0.1, 0.15) is 38.5 Å². The van der Waals surface area contributed by atoms with Gasteiger partial charge in [-0.25, -0.2) is 8.42 Å². The third kappa shape index (κ3) is 2.77. The van der Waals surface area contributed by atoms with Crippen molar-refractivity contribution in [3.63, 3.8) is 0 Å². The lowest BCUT2D eigenvalue weighted by Crippen LogP contribution is -2.40. The molecule has 1 N–H and O–H groups in total. The zero-order valence-corrected chi connectivity index (χ0v) is 11.1. The van der Waals surface area contributed by atoms with E-state index in [0.29, 0.717) is 12.0 Å². The first-order valence-electron chi connectivity index (χ1n) is 6.38. The summed E-state index contributed by atoms with van der Waals surface area (Å²) >= 11 is 0. The van der Waals surface area contributed by atoms with Gasteiger partial charge in [-0.05, 0) is 51.0 Å². The van der Waals surface area contributed by atoms with Gasteiger partial charge in [-0.1, -0.05) is 6.42 Å². The molecule has 3 atom stereocenters. The van der Waals surface area contributed by atoms with Crippen LogP contribution in [0.3, 0.4) is 0 Å². The quantitative estimate of drug-likeness (QED) is 0.818. The Hall–Kier alpha value is -0.0900. The molecule has 0 saturated heterocycles. The molecule has 3 nitrogen and oxygen atoms in total. The molecule has 16 heavy (non-hydrogen) atoms. The summed E-state index contributed by atoms with van der Waals surface area (Å²) in [5, 5.41) is 3.33. The maximum atomic E-state index is 11.6. The van der Waals surface area contributed by atoms with Crippen molar-refractivity contribution in [1.29, 1.82) is 0 Å². The fraction of sp³-hybridized carbons (Fsp3) is 1.00. The molecule has 0 amide bonds. The minimum atomic E-state index is -2.83. The fourth-order valence-corrected chi connectivity index (χ4v) is 4.40. The normalized spacial score (nSPS) is 33.6. The highest BCUT2D eigenvalue weighted by atomic mass is 32.2. The summed E-state index contributed by atoms with van der Waals surface area (Å²) in [6.07, 6.45) is 8.07. The molecule has 0 aromatic heterocycles. The van der Waals surface area contributed by atoms with Gasteiger partial charge in [0.1, 0.15) is 9.84 Å². The van der Waals surface area contributed by atoms with Crippen molar-refractivity contribution >= 4 is 9.84 Å². The molecule has 0 aromatic carbocycles. The molecule has 0 heterocycles. The van der Waals surface area contributed by atoms with E-state index in [2.05, 4.69) is 5.32 Å². The average molecular weight is 245 g/mol. The lowest BCUT2D eigenvalue weighted by molar-refractivity contribution is 0.259. The van der Waals surface area contributed by atoms with Gasteiger partial charge < -0.3 is 5.32 Å². The highest BCUT2D eigenvalue weighted by molar-refractivity contribution is 7.91. The van der Waals surface area contributed by atoms with Crippen molar-refractivity contribution < 1.29 is 8.42 Å². The SMILES string of the molecule is CNC(C1CC1)C1CCCC(S(C)(=O)=O)C1. The lowest BCUT2D eigenvalue weighted by Gasteiger charge is -2.33. The van der Waals surface area contributed by atoms with Crippen LogP contribution in [0.25, 0.3) is 0 Å². The van der Waals surface area contributed by atoms with E-state index in [4.69, 9.17) is 0 Å². The van der Waals surface area contributed by atoms with E-state index in [0.717, 1.165) is 25.2 Å². The molecule has 0 spiro atoms. The molecule has 2 fully saturated rings. The Bertz CT molecular complexity index is 335. The van der Waals surface area contributed by atoms with Gasteiger partial charge >= 0.3 is 0 Å². The molecule has 0 radical (unpaired) electrons. The van der Waals surface area contributed by atoms with E-state index >= 15 is 0 Å². The van der Waals surface area contributed by atoms with Crippen LogP contribution in [0.4, 0.5) is 0 Å². The molecule has 2 aliphatic carbocycles. The summed E-state index contributed by atoms with van der Waals surface area (Å²) in [5.41, 5.74) is 0. The zero-order chi connectivity index (χ0) is 11.8. The lowest BCUT2D eigenvalue weighted by atomic mass is 9.82. The molecule has 2 aliphatic rings. The van der Waals surface area contributed by atoms with Crippen LogP contribution in [0, 0.1) is 11.8 Å². The smallest absolute Gasteiger partial charge is 0.150 e. The van der Waals surface area contributed by atoms with E-state index in [1.54, 1.807) is 0 Å². The van der Waals surface area contributed by atoms with E-state index in [-0.39, 0.29) is 5.25 Å². The second-order valence-corrected chi connectivity index (χ2v) is 7.86. The van der Waals surface area contributed by atoms with Crippen LogP contribution in [0.2, 0.25) is 0 Å². The van der Waals surface area contributed by atoms with Gasteiger partial charge in [0.05, 0.1) is 5.25 Å². The molecule has 3 unspecified atom stereocenters. The van der Waals surface area contributed by atoms with Crippen molar-refractivity contribution in [2.45, 2.75) is 49.8 Å².